The number of hydrogen-bond donors (Lipinski definition) is 3. The fraction of sp³-hybridized carbons (Fsp3) is 0.353. The second kappa shape index (κ2) is 8.14. The Morgan fingerprint density at radius 3 is 2.29 bits per heavy atom. The van der Waals surface area contributed by atoms with Crippen LogP contribution >= 0.6 is 0 Å². The first-order chi connectivity index (χ1) is 11.4. The lowest BCUT2D eigenvalue weighted by Gasteiger charge is -2.09. The maximum absolute atomic E-state index is 11.9. The summed E-state index contributed by atoms with van der Waals surface area (Å²) in [4.78, 5) is 23.6. The number of benzene rings is 1. The maximum atomic E-state index is 11.9. The summed E-state index contributed by atoms with van der Waals surface area (Å²) in [5, 5.41) is 12.0. The van der Waals surface area contributed by atoms with E-state index in [1.807, 2.05) is 20.8 Å². The number of urea groups is 1. The Bertz CT molecular complexity index is 692. The average molecular weight is 330 g/mol. The molecule has 0 unspecified atom stereocenters. The topological polar surface area (TPSA) is 96.3 Å². The van der Waals surface area contributed by atoms with Crippen LogP contribution in [-0.4, -0.2) is 17.1 Å². The van der Waals surface area contributed by atoms with Gasteiger partial charge in [-0.3, -0.25) is 4.79 Å². The minimum Gasteiger partial charge on any atom is -0.364 e. The fourth-order valence-electron chi connectivity index (χ4n) is 2.04. The molecule has 1 aromatic heterocycles. The first-order valence-electron chi connectivity index (χ1n) is 7.78. The molecule has 24 heavy (non-hydrogen) atoms. The minimum absolute atomic E-state index is 0.0218. The second-order valence-electron chi connectivity index (χ2n) is 5.98. The van der Waals surface area contributed by atoms with Gasteiger partial charge in [-0.15, -0.1) is 0 Å². The van der Waals surface area contributed by atoms with Gasteiger partial charge in [0.1, 0.15) is 12.0 Å². The van der Waals surface area contributed by atoms with Crippen LogP contribution in [-0.2, 0) is 11.3 Å². The Balaban J connectivity index is 1.81. The van der Waals surface area contributed by atoms with E-state index >= 15 is 0 Å². The molecule has 0 fully saturated rings. The lowest BCUT2D eigenvalue weighted by Crippen LogP contribution is -2.28. The highest BCUT2D eigenvalue weighted by Crippen LogP contribution is 2.14. The van der Waals surface area contributed by atoms with Crippen molar-refractivity contribution in [3.8, 4) is 0 Å². The van der Waals surface area contributed by atoms with Gasteiger partial charge in [-0.1, -0.05) is 19.0 Å². The molecule has 0 aliphatic heterocycles. The molecule has 0 spiro atoms. The van der Waals surface area contributed by atoms with Gasteiger partial charge in [-0.2, -0.15) is 0 Å². The van der Waals surface area contributed by atoms with E-state index in [4.69, 9.17) is 4.52 Å². The van der Waals surface area contributed by atoms with Crippen molar-refractivity contribution in [3.63, 3.8) is 0 Å². The highest BCUT2D eigenvalue weighted by Gasteiger charge is 2.07. The van der Waals surface area contributed by atoms with Crippen LogP contribution in [0.2, 0.25) is 0 Å². The highest BCUT2D eigenvalue weighted by molar-refractivity contribution is 5.92. The zero-order valence-electron chi connectivity index (χ0n) is 14.1. The van der Waals surface area contributed by atoms with E-state index in [2.05, 4.69) is 21.1 Å². The molecule has 1 heterocycles. The lowest BCUT2D eigenvalue weighted by atomic mass is 10.1. The molecular formula is C17H22N4O3. The largest absolute Gasteiger partial charge is 0.364 e. The zero-order valence-corrected chi connectivity index (χ0v) is 14.1. The number of nitrogens with one attached hydrogen (secondary N) is 3. The molecule has 0 saturated carbocycles. The average Bonchev–Trinajstić information content (AvgIpc) is 2.91. The Morgan fingerprint density at radius 1 is 1.12 bits per heavy atom. The van der Waals surface area contributed by atoms with Crippen molar-refractivity contribution < 1.29 is 14.1 Å². The number of carbonyl (C=O) groups is 2. The zero-order chi connectivity index (χ0) is 17.5. The Hall–Kier alpha value is -2.83. The van der Waals surface area contributed by atoms with Crippen molar-refractivity contribution in [2.75, 3.05) is 10.6 Å². The number of carbonyl (C=O) groups excluding carboxylic acids is 2. The molecule has 0 atom stereocenters. The minimum atomic E-state index is -0.339. The number of aromatic nitrogens is 1. The molecule has 2 aromatic rings. The monoisotopic (exact) mass is 330 g/mol. The number of nitrogens with zero attached hydrogens (tertiary/aromatic N) is 1. The van der Waals surface area contributed by atoms with E-state index in [-0.39, 0.29) is 18.5 Å². The summed E-state index contributed by atoms with van der Waals surface area (Å²) < 4.78 is 4.81. The van der Waals surface area contributed by atoms with Crippen LogP contribution in [0.1, 0.15) is 31.5 Å². The summed E-state index contributed by atoms with van der Waals surface area (Å²) >= 11 is 0. The molecule has 2 rings (SSSR count). The van der Waals surface area contributed by atoms with E-state index in [0.717, 1.165) is 5.56 Å². The molecule has 0 aliphatic carbocycles. The number of aryl methyl sites for hydroxylation is 1. The van der Waals surface area contributed by atoms with E-state index in [0.29, 0.717) is 29.4 Å². The molecule has 3 N–H and O–H groups in total. The summed E-state index contributed by atoms with van der Waals surface area (Å²) in [6, 6.07) is 6.61. The lowest BCUT2D eigenvalue weighted by molar-refractivity contribution is -0.116. The Labute approximate surface area is 140 Å². The maximum Gasteiger partial charge on any atom is 0.319 e. The molecule has 1 aromatic carbocycles. The standard InChI is InChI=1S/C17H22N4O3/c1-11(2)8-16(22)19-13-4-6-14(7-5-13)20-17(23)18-9-15-12(3)10-24-21-15/h4-7,10-11H,8-9H2,1-3H3,(H,19,22)(H2,18,20,23). The first-order valence-corrected chi connectivity index (χ1v) is 7.78. The van der Waals surface area contributed by atoms with Crippen LogP contribution in [0.5, 0.6) is 0 Å². The van der Waals surface area contributed by atoms with Gasteiger partial charge in [-0.05, 0) is 37.1 Å². The van der Waals surface area contributed by atoms with Crippen LogP contribution in [0.15, 0.2) is 35.1 Å². The number of anilines is 2. The van der Waals surface area contributed by atoms with Gasteiger partial charge in [0.2, 0.25) is 5.91 Å². The van der Waals surface area contributed by atoms with Crippen LogP contribution in [0, 0.1) is 12.8 Å². The second-order valence-corrected chi connectivity index (χ2v) is 5.98. The SMILES string of the molecule is Cc1conc1CNC(=O)Nc1ccc(NC(=O)CC(C)C)cc1. The predicted molar refractivity (Wildman–Crippen MR) is 91.6 cm³/mol. The smallest absolute Gasteiger partial charge is 0.319 e. The van der Waals surface area contributed by atoms with Crippen molar-refractivity contribution in [1.82, 2.24) is 10.5 Å². The molecule has 7 nitrogen and oxygen atoms in total. The van der Waals surface area contributed by atoms with Gasteiger partial charge < -0.3 is 20.5 Å². The summed E-state index contributed by atoms with van der Waals surface area (Å²) in [5.74, 6) is 0.287. The third kappa shape index (κ3) is 5.42. The Kier molecular flexibility index (Phi) is 5.95. The molecule has 7 heteroatoms. The van der Waals surface area contributed by atoms with Gasteiger partial charge in [0.15, 0.2) is 0 Å². The quantitative estimate of drug-likeness (QED) is 0.757. The van der Waals surface area contributed by atoms with E-state index in [1.54, 1.807) is 24.3 Å². The van der Waals surface area contributed by atoms with Gasteiger partial charge in [-0.25, -0.2) is 4.79 Å². The van der Waals surface area contributed by atoms with Crippen LogP contribution in [0.25, 0.3) is 0 Å². The van der Waals surface area contributed by atoms with Crippen LogP contribution < -0.4 is 16.0 Å². The van der Waals surface area contributed by atoms with Crippen molar-refractivity contribution in [3.05, 3.63) is 41.8 Å². The Morgan fingerprint density at radius 2 is 1.75 bits per heavy atom. The summed E-state index contributed by atoms with van der Waals surface area (Å²) in [6.07, 6.45) is 2.01. The third-order valence-corrected chi connectivity index (χ3v) is 3.28. The molecular weight excluding hydrogens is 308 g/mol. The van der Waals surface area contributed by atoms with E-state index in [1.165, 1.54) is 6.26 Å². The number of rotatable bonds is 6. The van der Waals surface area contributed by atoms with E-state index in [9.17, 15) is 9.59 Å². The number of hydrogen-bond acceptors (Lipinski definition) is 4. The molecule has 3 amide bonds. The summed E-state index contributed by atoms with van der Waals surface area (Å²) in [5.41, 5.74) is 2.90. The van der Waals surface area contributed by atoms with Gasteiger partial charge >= 0.3 is 6.03 Å². The number of amides is 3. The summed E-state index contributed by atoms with van der Waals surface area (Å²) in [6.45, 7) is 6.13. The molecule has 0 aliphatic rings. The van der Waals surface area contributed by atoms with Gasteiger partial charge in [0, 0.05) is 23.4 Å². The van der Waals surface area contributed by atoms with Crippen LogP contribution in [0.4, 0.5) is 16.2 Å². The first kappa shape index (κ1) is 17.5. The van der Waals surface area contributed by atoms with Gasteiger partial charge in [0.05, 0.1) is 6.54 Å². The third-order valence-electron chi connectivity index (χ3n) is 3.28. The van der Waals surface area contributed by atoms with Crippen LogP contribution in [0.3, 0.4) is 0 Å². The normalized spacial score (nSPS) is 10.5. The fourth-order valence-corrected chi connectivity index (χ4v) is 2.04. The van der Waals surface area contributed by atoms with Crippen molar-refractivity contribution >= 4 is 23.3 Å². The molecule has 0 radical (unpaired) electrons. The van der Waals surface area contributed by atoms with Crippen molar-refractivity contribution in [2.24, 2.45) is 5.92 Å². The summed E-state index contributed by atoms with van der Waals surface area (Å²) in [7, 11) is 0. The molecule has 0 saturated heterocycles. The van der Waals surface area contributed by atoms with E-state index < -0.39 is 0 Å². The van der Waals surface area contributed by atoms with Gasteiger partial charge in [0.25, 0.3) is 0 Å². The molecule has 0 bridgehead atoms. The predicted octanol–water partition coefficient (Wildman–Crippen LogP) is 3.29. The highest BCUT2D eigenvalue weighted by atomic mass is 16.5. The molecule has 128 valence electrons. The van der Waals surface area contributed by atoms with Crippen molar-refractivity contribution in [1.29, 1.82) is 0 Å². The van der Waals surface area contributed by atoms with Crippen molar-refractivity contribution in [2.45, 2.75) is 33.7 Å².